The van der Waals surface area contributed by atoms with Gasteiger partial charge in [0.25, 0.3) is 0 Å². The molecule has 4 saturated carbocycles. The lowest BCUT2D eigenvalue weighted by Crippen LogP contribution is -2.48. The molecule has 0 aromatic heterocycles. The molecule has 0 amide bonds. The van der Waals surface area contributed by atoms with Gasteiger partial charge in [-0.2, -0.15) is 0 Å². The molecule has 4 fully saturated rings. The highest BCUT2D eigenvalue weighted by molar-refractivity contribution is 5.95. The molecular formula is C49H47NO3. The molecule has 4 heteroatoms. The second kappa shape index (κ2) is 14.0. The molecule has 4 nitrogen and oxygen atoms in total. The zero-order chi connectivity index (χ0) is 35.8. The molecule has 4 bridgehead atoms. The van der Waals surface area contributed by atoms with Crippen molar-refractivity contribution < 1.29 is 14.6 Å². The second-order valence-corrected chi connectivity index (χ2v) is 16.0. The highest BCUT2D eigenvalue weighted by atomic mass is 16.5. The van der Waals surface area contributed by atoms with E-state index in [2.05, 4.69) is 133 Å². The van der Waals surface area contributed by atoms with Crippen LogP contribution in [0, 0.1) is 17.8 Å². The normalized spacial score (nSPS) is 21.8. The first-order chi connectivity index (χ1) is 26.0. The maximum atomic E-state index is 11.6. The highest BCUT2D eigenvalue weighted by Gasteiger charge is 2.52. The minimum Gasteiger partial charge on any atom is -0.493 e. The number of hydrogen-bond donors (Lipinski definition) is 2. The van der Waals surface area contributed by atoms with Gasteiger partial charge in [0.15, 0.2) is 0 Å². The van der Waals surface area contributed by atoms with Crippen LogP contribution in [-0.4, -0.2) is 24.2 Å². The Morgan fingerprint density at radius 1 is 0.642 bits per heavy atom. The Balaban J connectivity index is 1.00. The van der Waals surface area contributed by atoms with Crippen LogP contribution in [0.15, 0.2) is 146 Å². The van der Waals surface area contributed by atoms with E-state index < -0.39 is 11.5 Å². The van der Waals surface area contributed by atoms with Crippen LogP contribution in [0.1, 0.15) is 77.6 Å². The molecule has 6 aromatic rings. The average Bonchev–Trinajstić information content (AvgIpc) is 3.19. The van der Waals surface area contributed by atoms with Crippen molar-refractivity contribution in [2.75, 3.05) is 13.2 Å². The summed E-state index contributed by atoms with van der Waals surface area (Å²) in [7, 11) is 0. The lowest BCUT2D eigenvalue weighted by Gasteiger charge is -2.57. The molecule has 0 aliphatic heterocycles. The van der Waals surface area contributed by atoms with E-state index in [-0.39, 0.29) is 5.41 Å². The van der Waals surface area contributed by atoms with Crippen LogP contribution in [0.3, 0.4) is 0 Å². The predicted molar refractivity (Wildman–Crippen MR) is 214 cm³/mol. The van der Waals surface area contributed by atoms with Gasteiger partial charge in [-0.05, 0) is 144 Å². The first-order valence-corrected chi connectivity index (χ1v) is 19.5. The summed E-state index contributed by atoms with van der Waals surface area (Å²) in [6.45, 7) is 1.41. The van der Waals surface area contributed by atoms with Crippen molar-refractivity contribution in [1.82, 2.24) is 5.32 Å². The monoisotopic (exact) mass is 697 g/mol. The topological polar surface area (TPSA) is 58.6 Å². The number of ether oxygens (including phenoxy) is 1. The summed E-state index contributed by atoms with van der Waals surface area (Å²) in [6, 6.07) is 51.1. The van der Waals surface area contributed by atoms with E-state index in [4.69, 9.17) is 4.74 Å². The Kier molecular flexibility index (Phi) is 8.87. The number of carbonyl (C=O) groups is 1. The number of hydrogen-bond acceptors (Lipinski definition) is 3. The summed E-state index contributed by atoms with van der Waals surface area (Å²) in [5.41, 5.74) is 7.40. The molecule has 0 unspecified atom stereocenters. The van der Waals surface area contributed by atoms with Crippen LogP contribution in [0.4, 0.5) is 0 Å². The minimum absolute atomic E-state index is 0.175. The summed E-state index contributed by atoms with van der Waals surface area (Å²) in [5, 5.41) is 15.5. The molecule has 4 aliphatic carbocycles. The van der Waals surface area contributed by atoms with Gasteiger partial charge < -0.3 is 9.84 Å². The van der Waals surface area contributed by atoms with Gasteiger partial charge in [-0.3, -0.25) is 5.32 Å². The number of benzene rings is 6. The van der Waals surface area contributed by atoms with Gasteiger partial charge in [0.2, 0.25) is 0 Å². The zero-order valence-corrected chi connectivity index (χ0v) is 30.2. The minimum atomic E-state index is -0.898. The van der Waals surface area contributed by atoms with Gasteiger partial charge >= 0.3 is 5.97 Å². The van der Waals surface area contributed by atoms with Gasteiger partial charge in [-0.1, -0.05) is 115 Å². The lowest BCUT2D eigenvalue weighted by molar-refractivity contribution is -0.00637. The SMILES string of the molecule is O=C(O)c1ccc2cc(-c3ccc(OCCCNC(c4ccccc4)(c4ccccc4)c4ccccc4)c(C45CC6CC(CC(C6)C4)C5)c3)ccc2c1. The molecule has 53 heavy (non-hydrogen) atoms. The molecule has 2 N–H and O–H groups in total. The van der Waals surface area contributed by atoms with E-state index in [1.807, 2.05) is 6.07 Å². The van der Waals surface area contributed by atoms with Gasteiger partial charge in [0.1, 0.15) is 5.75 Å². The highest BCUT2D eigenvalue weighted by Crippen LogP contribution is 2.62. The van der Waals surface area contributed by atoms with Crippen LogP contribution >= 0.6 is 0 Å². The largest absolute Gasteiger partial charge is 0.493 e. The molecular weight excluding hydrogens is 651 g/mol. The number of nitrogens with one attached hydrogen (secondary N) is 1. The van der Waals surface area contributed by atoms with Crippen molar-refractivity contribution in [2.24, 2.45) is 17.8 Å². The fraction of sp³-hybridized carbons (Fsp3) is 0.286. The maximum Gasteiger partial charge on any atom is 0.335 e. The summed E-state index contributed by atoms with van der Waals surface area (Å²) >= 11 is 0. The van der Waals surface area contributed by atoms with Crippen LogP contribution in [0.5, 0.6) is 5.75 Å². The van der Waals surface area contributed by atoms with Gasteiger partial charge in [0, 0.05) is 5.56 Å². The van der Waals surface area contributed by atoms with Crippen LogP contribution in [-0.2, 0) is 11.0 Å². The van der Waals surface area contributed by atoms with E-state index in [9.17, 15) is 9.90 Å². The van der Waals surface area contributed by atoms with E-state index in [1.165, 1.54) is 66.3 Å². The van der Waals surface area contributed by atoms with E-state index in [0.717, 1.165) is 52.8 Å². The Bertz CT molecular complexity index is 2100. The average molecular weight is 698 g/mol. The summed E-state index contributed by atoms with van der Waals surface area (Å²) in [6.07, 6.45) is 8.86. The molecule has 0 radical (unpaired) electrons. The van der Waals surface area contributed by atoms with Crippen LogP contribution in [0.2, 0.25) is 0 Å². The second-order valence-electron chi connectivity index (χ2n) is 16.0. The van der Waals surface area contributed by atoms with E-state index in [0.29, 0.717) is 12.2 Å². The third kappa shape index (κ3) is 6.33. The molecule has 0 saturated heterocycles. The maximum absolute atomic E-state index is 11.6. The van der Waals surface area contributed by atoms with Crippen molar-refractivity contribution in [3.05, 3.63) is 173 Å². The Hall–Kier alpha value is -5.19. The smallest absolute Gasteiger partial charge is 0.335 e. The quantitative estimate of drug-likeness (QED) is 0.0987. The zero-order valence-electron chi connectivity index (χ0n) is 30.2. The van der Waals surface area contributed by atoms with Gasteiger partial charge in [-0.25, -0.2) is 4.79 Å². The summed E-state index contributed by atoms with van der Waals surface area (Å²) in [4.78, 5) is 11.6. The fourth-order valence-corrected chi connectivity index (χ4v) is 10.6. The molecule has 0 heterocycles. The van der Waals surface area contributed by atoms with Crippen molar-refractivity contribution in [2.45, 2.75) is 55.9 Å². The lowest BCUT2D eigenvalue weighted by atomic mass is 9.48. The number of aromatic carboxylic acids is 1. The van der Waals surface area contributed by atoms with Gasteiger partial charge in [0.05, 0.1) is 17.7 Å². The number of rotatable bonds is 12. The number of carboxylic acids is 1. The van der Waals surface area contributed by atoms with E-state index >= 15 is 0 Å². The Morgan fingerprint density at radius 3 is 1.72 bits per heavy atom. The van der Waals surface area contributed by atoms with Crippen molar-refractivity contribution in [1.29, 1.82) is 0 Å². The van der Waals surface area contributed by atoms with Crippen molar-refractivity contribution in [3.63, 3.8) is 0 Å². The molecule has 0 atom stereocenters. The molecule has 0 spiro atoms. The van der Waals surface area contributed by atoms with E-state index in [1.54, 1.807) is 12.1 Å². The molecule has 266 valence electrons. The van der Waals surface area contributed by atoms with Crippen molar-refractivity contribution in [3.8, 4) is 16.9 Å². The predicted octanol–water partition coefficient (Wildman–Crippen LogP) is 11.0. The van der Waals surface area contributed by atoms with Crippen LogP contribution < -0.4 is 10.1 Å². The molecule has 6 aromatic carbocycles. The third-order valence-electron chi connectivity index (χ3n) is 12.6. The Morgan fingerprint density at radius 2 is 1.15 bits per heavy atom. The third-order valence-corrected chi connectivity index (χ3v) is 12.6. The fourth-order valence-electron chi connectivity index (χ4n) is 10.6. The summed E-state index contributed by atoms with van der Waals surface area (Å²) in [5.74, 6) is 2.63. The first-order valence-electron chi connectivity index (χ1n) is 19.5. The summed E-state index contributed by atoms with van der Waals surface area (Å²) < 4.78 is 6.86. The van der Waals surface area contributed by atoms with Gasteiger partial charge in [-0.15, -0.1) is 0 Å². The molecule has 10 rings (SSSR count). The number of carboxylic acid groups (broad SMARTS) is 1. The number of fused-ring (bicyclic) bond motifs is 1. The first kappa shape index (κ1) is 33.6. The van der Waals surface area contributed by atoms with Crippen LogP contribution in [0.25, 0.3) is 21.9 Å². The van der Waals surface area contributed by atoms with Crippen molar-refractivity contribution >= 4 is 16.7 Å². The Labute approximate surface area is 312 Å². The standard InChI is InChI=1S/C49H47NO3/c51-47(52)41-20-19-37-28-38(17-18-39(37)29-41)40-21-22-46(45(30-40)48-31-34-25-35(32-48)27-36(26-34)33-48)53-24-10-23-50-49(42-11-4-1-5-12-42,43-13-6-2-7-14-43)44-15-8-3-9-16-44/h1-9,11-22,28-30,34-36,50H,10,23-27,31-33H2,(H,51,52). The molecule has 4 aliphatic rings.